The van der Waals surface area contributed by atoms with Gasteiger partial charge in [0.25, 0.3) is 0 Å². The molecule has 1 aromatic rings. The van der Waals surface area contributed by atoms with E-state index < -0.39 is 35.4 Å². The summed E-state index contributed by atoms with van der Waals surface area (Å²) in [6.07, 6.45) is 0.0575. The van der Waals surface area contributed by atoms with Gasteiger partial charge in [-0.1, -0.05) is 6.07 Å². The maximum Gasteiger partial charge on any atom is 0.328 e. The zero-order chi connectivity index (χ0) is 19.8. The predicted molar refractivity (Wildman–Crippen MR) is 87.9 cm³/mol. The molecule has 0 saturated heterocycles. The Morgan fingerprint density at radius 2 is 1.68 bits per heavy atom. The largest absolute Gasteiger partial charge is 0.478 e. The van der Waals surface area contributed by atoms with Crippen molar-refractivity contribution in [3.8, 4) is 0 Å². The van der Waals surface area contributed by atoms with Crippen molar-refractivity contribution in [1.29, 1.82) is 0 Å². The zero-order valence-electron chi connectivity index (χ0n) is 14.1. The third kappa shape index (κ3) is 9.38. The number of aliphatic hydroxyl groups is 1. The van der Waals surface area contributed by atoms with Crippen LogP contribution in [0.25, 0.3) is 0 Å². The van der Waals surface area contributed by atoms with E-state index in [0.29, 0.717) is 12.2 Å². The van der Waals surface area contributed by atoms with Gasteiger partial charge in [0.1, 0.15) is 11.5 Å². The molecule has 0 bridgehead atoms. The van der Waals surface area contributed by atoms with Crippen LogP contribution in [0.2, 0.25) is 0 Å². The standard InChI is InChI=1S/C12H18F2N2O.C4H4O4/c1-12(2,3)16-6-9(17)7-4-5-8(13)11(15)10(7)14;5-3(6)1-2-4(7)8/h4-5,9,16-17H,6,15H2,1-3H3;1-2H,(H,5,6)(H,7,8)/b;2-1-/t9-;/m0./s1. The number of β-amino-alcohol motifs (C(OH)–C–C–N with tert-alkyl or cyclic N) is 1. The number of aliphatic carboxylic acids is 2. The maximum absolute atomic E-state index is 13.6. The van der Waals surface area contributed by atoms with Crippen molar-refractivity contribution in [2.75, 3.05) is 12.3 Å². The number of halogens is 2. The average molecular weight is 360 g/mol. The number of aliphatic hydroxyl groups excluding tert-OH is 1. The molecule has 0 aromatic heterocycles. The minimum absolute atomic E-state index is 0.000602. The molecule has 0 heterocycles. The second-order valence-corrected chi connectivity index (χ2v) is 6.02. The number of nitrogens with two attached hydrogens (primary N) is 1. The smallest absolute Gasteiger partial charge is 0.328 e. The quantitative estimate of drug-likeness (QED) is 0.398. The van der Waals surface area contributed by atoms with E-state index in [2.05, 4.69) is 5.32 Å². The van der Waals surface area contributed by atoms with Crippen LogP contribution in [0.15, 0.2) is 24.3 Å². The highest BCUT2D eigenvalue weighted by atomic mass is 19.1. The Labute approximate surface area is 143 Å². The van der Waals surface area contributed by atoms with E-state index in [1.165, 1.54) is 6.07 Å². The van der Waals surface area contributed by atoms with E-state index in [1.54, 1.807) is 0 Å². The van der Waals surface area contributed by atoms with Crippen LogP contribution in [0.5, 0.6) is 0 Å². The van der Waals surface area contributed by atoms with Gasteiger partial charge in [0.15, 0.2) is 5.82 Å². The van der Waals surface area contributed by atoms with Crippen molar-refractivity contribution in [1.82, 2.24) is 5.32 Å². The lowest BCUT2D eigenvalue weighted by atomic mass is 10.0. The summed E-state index contributed by atoms with van der Waals surface area (Å²) in [5, 5.41) is 28.5. The average Bonchev–Trinajstić information content (AvgIpc) is 2.48. The molecule has 1 atom stereocenters. The van der Waals surface area contributed by atoms with Gasteiger partial charge in [-0.2, -0.15) is 0 Å². The Balaban J connectivity index is 0.000000609. The molecule has 1 aromatic carbocycles. The van der Waals surface area contributed by atoms with Crippen molar-refractivity contribution in [3.63, 3.8) is 0 Å². The lowest BCUT2D eigenvalue weighted by Crippen LogP contribution is -2.38. The fourth-order valence-corrected chi connectivity index (χ4v) is 1.50. The van der Waals surface area contributed by atoms with E-state index in [1.807, 2.05) is 20.8 Å². The summed E-state index contributed by atoms with van der Waals surface area (Å²) in [4.78, 5) is 19.1. The van der Waals surface area contributed by atoms with Crippen molar-refractivity contribution >= 4 is 17.6 Å². The number of rotatable bonds is 5. The van der Waals surface area contributed by atoms with Gasteiger partial charge in [0.05, 0.1) is 6.10 Å². The number of carbonyl (C=O) groups is 2. The van der Waals surface area contributed by atoms with Crippen molar-refractivity contribution < 1.29 is 33.7 Å². The number of nitrogens with one attached hydrogen (secondary N) is 1. The Morgan fingerprint density at radius 1 is 1.20 bits per heavy atom. The van der Waals surface area contributed by atoms with Crippen LogP contribution in [0, 0.1) is 11.6 Å². The molecule has 0 unspecified atom stereocenters. The number of benzene rings is 1. The molecular formula is C16H22F2N2O5. The van der Waals surface area contributed by atoms with Crippen LogP contribution in [0.1, 0.15) is 32.4 Å². The van der Waals surface area contributed by atoms with Crippen LogP contribution in [-0.4, -0.2) is 39.3 Å². The number of nitrogen functional groups attached to an aromatic ring is 1. The van der Waals surface area contributed by atoms with Gasteiger partial charge in [-0.3, -0.25) is 0 Å². The van der Waals surface area contributed by atoms with Crippen molar-refractivity contribution in [2.24, 2.45) is 0 Å². The summed E-state index contributed by atoms with van der Waals surface area (Å²) >= 11 is 0. The fraction of sp³-hybridized carbons (Fsp3) is 0.375. The van der Waals surface area contributed by atoms with Gasteiger partial charge in [0, 0.05) is 29.8 Å². The second-order valence-electron chi connectivity index (χ2n) is 6.02. The number of anilines is 1. The molecule has 6 N–H and O–H groups in total. The van der Waals surface area contributed by atoms with Crippen molar-refractivity contribution in [2.45, 2.75) is 32.4 Å². The van der Waals surface area contributed by atoms with Crippen molar-refractivity contribution in [3.05, 3.63) is 41.5 Å². The lowest BCUT2D eigenvalue weighted by molar-refractivity contribution is -0.134. The SMILES string of the molecule is CC(C)(C)NC[C@H](O)c1ccc(F)c(N)c1F.O=C(O)/C=C\C(=O)O. The topological polar surface area (TPSA) is 133 Å². The highest BCUT2D eigenvalue weighted by molar-refractivity contribution is 5.89. The third-order valence-electron chi connectivity index (χ3n) is 2.71. The molecule has 0 spiro atoms. The van der Waals surface area contributed by atoms with Crippen LogP contribution in [0.4, 0.5) is 14.5 Å². The monoisotopic (exact) mass is 360 g/mol. The first kappa shape index (κ1) is 22.5. The molecule has 7 nitrogen and oxygen atoms in total. The molecule has 9 heteroatoms. The maximum atomic E-state index is 13.6. The van der Waals surface area contributed by atoms with Gasteiger partial charge in [-0.05, 0) is 26.8 Å². The summed E-state index contributed by atoms with van der Waals surface area (Å²) in [6.45, 7) is 5.95. The Hall–Kier alpha value is -2.52. The normalized spacial score (nSPS) is 12.4. The summed E-state index contributed by atoms with van der Waals surface area (Å²) in [6, 6.07) is 2.25. The van der Waals surface area contributed by atoms with E-state index >= 15 is 0 Å². The van der Waals surface area contributed by atoms with Gasteiger partial charge in [-0.25, -0.2) is 18.4 Å². The van der Waals surface area contributed by atoms with Gasteiger partial charge < -0.3 is 26.4 Å². The Bertz CT molecular complexity index is 626. The van der Waals surface area contributed by atoms with E-state index in [9.17, 15) is 23.5 Å². The van der Waals surface area contributed by atoms with Crippen LogP contribution < -0.4 is 11.1 Å². The number of hydrogen-bond donors (Lipinski definition) is 5. The first-order valence-corrected chi connectivity index (χ1v) is 7.15. The zero-order valence-corrected chi connectivity index (χ0v) is 14.1. The highest BCUT2D eigenvalue weighted by Gasteiger charge is 2.19. The lowest BCUT2D eigenvalue weighted by Gasteiger charge is -2.23. The van der Waals surface area contributed by atoms with E-state index in [-0.39, 0.29) is 17.6 Å². The summed E-state index contributed by atoms with van der Waals surface area (Å²) in [5.74, 6) is -4.23. The summed E-state index contributed by atoms with van der Waals surface area (Å²) in [5.41, 5.74) is 4.47. The van der Waals surface area contributed by atoms with Crippen LogP contribution in [-0.2, 0) is 9.59 Å². The highest BCUT2D eigenvalue weighted by Crippen LogP contribution is 2.24. The molecule has 0 amide bonds. The predicted octanol–water partition coefficient (Wildman–Crippen LogP) is 1.68. The number of carboxylic acid groups (broad SMARTS) is 2. The fourth-order valence-electron chi connectivity index (χ4n) is 1.50. The minimum atomic E-state index is -1.26. The Morgan fingerprint density at radius 3 is 2.08 bits per heavy atom. The Kier molecular flexibility index (Phi) is 8.72. The first-order chi connectivity index (χ1) is 11.3. The van der Waals surface area contributed by atoms with E-state index in [0.717, 1.165) is 6.07 Å². The van der Waals surface area contributed by atoms with Crippen LogP contribution >= 0.6 is 0 Å². The summed E-state index contributed by atoms with van der Waals surface area (Å²) < 4.78 is 26.5. The molecule has 0 saturated carbocycles. The van der Waals surface area contributed by atoms with Crippen LogP contribution in [0.3, 0.4) is 0 Å². The van der Waals surface area contributed by atoms with E-state index in [4.69, 9.17) is 15.9 Å². The van der Waals surface area contributed by atoms with Gasteiger partial charge in [0.2, 0.25) is 0 Å². The molecule has 1 rings (SSSR count). The second kappa shape index (κ2) is 9.70. The van der Waals surface area contributed by atoms with Gasteiger partial charge >= 0.3 is 11.9 Å². The van der Waals surface area contributed by atoms with Gasteiger partial charge in [-0.15, -0.1) is 0 Å². The summed E-state index contributed by atoms with van der Waals surface area (Å²) in [7, 11) is 0. The molecule has 0 fully saturated rings. The molecule has 0 aliphatic heterocycles. The first-order valence-electron chi connectivity index (χ1n) is 7.15. The molecular weight excluding hydrogens is 338 g/mol. The molecule has 0 aliphatic rings. The molecule has 0 radical (unpaired) electrons. The number of hydrogen-bond acceptors (Lipinski definition) is 5. The molecule has 25 heavy (non-hydrogen) atoms. The molecule has 140 valence electrons. The number of carboxylic acids is 2. The molecule has 0 aliphatic carbocycles. The minimum Gasteiger partial charge on any atom is -0.478 e. The third-order valence-corrected chi connectivity index (χ3v) is 2.71.